The Balaban J connectivity index is 1.74. The van der Waals surface area contributed by atoms with Crippen molar-refractivity contribution in [2.24, 2.45) is 0 Å². The second kappa shape index (κ2) is 6.68. The maximum atomic E-state index is 13.0. The molecule has 1 atom stereocenters. The molecule has 0 N–H and O–H groups in total. The molecule has 5 nitrogen and oxygen atoms in total. The van der Waals surface area contributed by atoms with E-state index in [1.54, 1.807) is 0 Å². The van der Waals surface area contributed by atoms with Crippen molar-refractivity contribution >= 4 is 17.2 Å². The molecule has 4 rings (SSSR count). The highest BCUT2D eigenvalue weighted by Crippen LogP contribution is 2.34. The van der Waals surface area contributed by atoms with Crippen molar-refractivity contribution in [2.45, 2.75) is 39.3 Å². The van der Waals surface area contributed by atoms with Crippen molar-refractivity contribution in [3.05, 3.63) is 69.7 Å². The van der Waals surface area contributed by atoms with Crippen LogP contribution in [0.3, 0.4) is 0 Å². The van der Waals surface area contributed by atoms with Crippen LogP contribution in [0.5, 0.6) is 0 Å². The zero-order valence-electron chi connectivity index (χ0n) is 15.2. The Morgan fingerprint density at radius 1 is 1.31 bits per heavy atom. The highest BCUT2D eigenvalue weighted by molar-refractivity contribution is 7.09. The maximum absolute atomic E-state index is 13.0. The van der Waals surface area contributed by atoms with Gasteiger partial charge in [0.25, 0.3) is 5.91 Å². The molecule has 3 aromatic rings. The van der Waals surface area contributed by atoms with Crippen LogP contribution >= 0.6 is 11.3 Å². The first kappa shape index (κ1) is 17.0. The molecular weight excluding hydrogens is 344 g/mol. The lowest BCUT2D eigenvalue weighted by atomic mass is 9.88. The molecule has 6 heteroatoms. The first-order valence-corrected chi connectivity index (χ1v) is 9.74. The van der Waals surface area contributed by atoms with Crippen LogP contribution in [0.4, 0.5) is 0 Å². The number of carbonyl (C=O) groups excluding carboxylic acids is 1. The topological polar surface area (TPSA) is 51.0 Å². The van der Waals surface area contributed by atoms with Crippen LogP contribution in [0.25, 0.3) is 0 Å². The number of hydrogen-bond donors (Lipinski definition) is 0. The van der Waals surface area contributed by atoms with E-state index in [1.165, 1.54) is 22.5 Å². The first-order valence-electron chi connectivity index (χ1n) is 8.86. The molecule has 0 bridgehead atoms. The van der Waals surface area contributed by atoms with Gasteiger partial charge in [0, 0.05) is 36.9 Å². The van der Waals surface area contributed by atoms with Gasteiger partial charge in [0.1, 0.15) is 11.5 Å². The lowest BCUT2D eigenvalue weighted by Gasteiger charge is -2.34. The van der Waals surface area contributed by atoms with Gasteiger partial charge in [-0.05, 0) is 31.9 Å². The van der Waals surface area contributed by atoms with Crippen LogP contribution in [0.1, 0.15) is 58.3 Å². The highest BCUT2D eigenvalue weighted by atomic mass is 32.1. The lowest BCUT2D eigenvalue weighted by molar-refractivity contribution is 0.0717. The summed E-state index contributed by atoms with van der Waals surface area (Å²) in [5.74, 6) is 1.08. The van der Waals surface area contributed by atoms with E-state index in [-0.39, 0.29) is 11.8 Å². The molecule has 0 saturated carbocycles. The monoisotopic (exact) mass is 366 g/mol. The summed E-state index contributed by atoms with van der Waals surface area (Å²) in [4.78, 5) is 23.9. The van der Waals surface area contributed by atoms with Crippen LogP contribution in [0, 0.1) is 6.92 Å². The van der Waals surface area contributed by atoms with Gasteiger partial charge in [-0.3, -0.25) is 4.79 Å². The Labute approximate surface area is 157 Å². The number of rotatable bonds is 3. The van der Waals surface area contributed by atoms with Crippen molar-refractivity contribution in [1.82, 2.24) is 19.4 Å². The SMILES string of the molecule is Cc1nc(C(=O)N2Cc3ccccc3[C@H](c3nccn3C(C)C)C2)cs1. The predicted octanol–water partition coefficient (Wildman–Crippen LogP) is 4.02. The largest absolute Gasteiger partial charge is 0.332 e. The van der Waals surface area contributed by atoms with Crippen molar-refractivity contribution in [1.29, 1.82) is 0 Å². The van der Waals surface area contributed by atoms with E-state index in [0.29, 0.717) is 24.8 Å². The Hall–Kier alpha value is -2.47. The molecular formula is C20H22N4OS. The fourth-order valence-corrected chi connectivity index (χ4v) is 4.22. The van der Waals surface area contributed by atoms with Gasteiger partial charge in [0.05, 0.1) is 10.9 Å². The number of aryl methyl sites for hydroxylation is 1. The third kappa shape index (κ3) is 2.94. The Bertz CT molecular complexity index is 943. The zero-order valence-corrected chi connectivity index (χ0v) is 16.0. The van der Waals surface area contributed by atoms with E-state index in [4.69, 9.17) is 0 Å². The molecule has 2 aromatic heterocycles. The fourth-order valence-electron chi connectivity index (χ4n) is 3.64. The van der Waals surface area contributed by atoms with Crippen molar-refractivity contribution < 1.29 is 4.79 Å². The normalized spacial score (nSPS) is 16.8. The first-order chi connectivity index (χ1) is 12.5. The summed E-state index contributed by atoms with van der Waals surface area (Å²) in [5.41, 5.74) is 2.99. The quantitative estimate of drug-likeness (QED) is 0.703. The van der Waals surface area contributed by atoms with Gasteiger partial charge in [-0.25, -0.2) is 9.97 Å². The second-order valence-corrected chi connectivity index (χ2v) is 8.04. The molecule has 26 heavy (non-hydrogen) atoms. The lowest BCUT2D eigenvalue weighted by Crippen LogP contribution is -2.39. The number of nitrogens with zero attached hydrogens (tertiary/aromatic N) is 4. The van der Waals surface area contributed by atoms with Crippen molar-refractivity contribution in [3.63, 3.8) is 0 Å². The van der Waals surface area contributed by atoms with E-state index in [9.17, 15) is 4.79 Å². The molecule has 0 unspecified atom stereocenters. The van der Waals surface area contributed by atoms with E-state index >= 15 is 0 Å². The van der Waals surface area contributed by atoms with Gasteiger partial charge in [0.15, 0.2) is 0 Å². The summed E-state index contributed by atoms with van der Waals surface area (Å²) < 4.78 is 2.20. The van der Waals surface area contributed by atoms with Crippen LogP contribution in [-0.2, 0) is 6.54 Å². The molecule has 0 saturated heterocycles. The number of fused-ring (bicyclic) bond motifs is 1. The number of hydrogen-bond acceptors (Lipinski definition) is 4. The standard InChI is InChI=1S/C20H22N4OS/c1-13(2)24-9-8-21-19(24)17-11-23(10-15-6-4-5-7-16(15)17)20(25)18-12-26-14(3)22-18/h4-9,12-13,17H,10-11H2,1-3H3/t17-/m1/s1. The molecule has 0 radical (unpaired) electrons. The molecule has 1 aliphatic rings. The molecule has 3 heterocycles. The van der Waals surface area contributed by atoms with E-state index < -0.39 is 0 Å². The summed E-state index contributed by atoms with van der Waals surface area (Å²) in [5, 5.41) is 2.76. The molecule has 1 amide bonds. The zero-order chi connectivity index (χ0) is 18.3. The summed E-state index contributed by atoms with van der Waals surface area (Å²) >= 11 is 1.51. The van der Waals surface area contributed by atoms with Crippen LogP contribution in [0.2, 0.25) is 0 Å². The van der Waals surface area contributed by atoms with Crippen LogP contribution in [0.15, 0.2) is 42.0 Å². The summed E-state index contributed by atoms with van der Waals surface area (Å²) in [7, 11) is 0. The molecule has 0 aliphatic carbocycles. The minimum atomic E-state index is -0.00324. The number of aromatic nitrogens is 3. The minimum Gasteiger partial charge on any atom is -0.332 e. The van der Waals surface area contributed by atoms with E-state index in [0.717, 1.165) is 10.8 Å². The van der Waals surface area contributed by atoms with Gasteiger partial charge < -0.3 is 9.47 Å². The van der Waals surface area contributed by atoms with Crippen molar-refractivity contribution in [2.75, 3.05) is 6.54 Å². The average Bonchev–Trinajstić information content (AvgIpc) is 3.29. The Morgan fingerprint density at radius 2 is 2.12 bits per heavy atom. The van der Waals surface area contributed by atoms with E-state index in [2.05, 4.69) is 46.6 Å². The number of imidazole rings is 1. The number of thiazole rings is 1. The number of amides is 1. The number of carbonyl (C=O) groups is 1. The Kier molecular flexibility index (Phi) is 4.36. The minimum absolute atomic E-state index is 0.00324. The third-order valence-electron chi connectivity index (χ3n) is 4.89. The molecule has 1 aromatic carbocycles. The summed E-state index contributed by atoms with van der Waals surface area (Å²) in [6, 6.07) is 8.69. The predicted molar refractivity (Wildman–Crippen MR) is 102 cm³/mol. The molecule has 1 aliphatic heterocycles. The smallest absolute Gasteiger partial charge is 0.273 e. The Morgan fingerprint density at radius 3 is 2.85 bits per heavy atom. The fraction of sp³-hybridized carbons (Fsp3) is 0.350. The van der Waals surface area contributed by atoms with Gasteiger partial charge >= 0.3 is 0 Å². The van der Waals surface area contributed by atoms with Gasteiger partial charge in [-0.15, -0.1) is 11.3 Å². The highest BCUT2D eigenvalue weighted by Gasteiger charge is 2.32. The molecule has 134 valence electrons. The van der Waals surface area contributed by atoms with Crippen molar-refractivity contribution in [3.8, 4) is 0 Å². The summed E-state index contributed by atoms with van der Waals surface area (Å²) in [6.07, 6.45) is 3.87. The third-order valence-corrected chi connectivity index (χ3v) is 5.66. The second-order valence-electron chi connectivity index (χ2n) is 6.98. The van der Waals surface area contributed by atoms with Gasteiger partial charge in [-0.1, -0.05) is 24.3 Å². The number of benzene rings is 1. The average molecular weight is 366 g/mol. The molecule has 0 spiro atoms. The molecule has 0 fully saturated rings. The van der Waals surface area contributed by atoms with Crippen LogP contribution < -0.4 is 0 Å². The summed E-state index contributed by atoms with van der Waals surface area (Å²) in [6.45, 7) is 7.47. The maximum Gasteiger partial charge on any atom is 0.273 e. The van der Waals surface area contributed by atoms with E-state index in [1.807, 2.05) is 35.7 Å². The van der Waals surface area contributed by atoms with Gasteiger partial charge in [-0.2, -0.15) is 0 Å². The van der Waals surface area contributed by atoms with Gasteiger partial charge in [0.2, 0.25) is 0 Å². The van der Waals surface area contributed by atoms with Crippen LogP contribution in [-0.4, -0.2) is 31.9 Å².